The summed E-state index contributed by atoms with van der Waals surface area (Å²) in [6, 6.07) is -2.79. The van der Waals surface area contributed by atoms with E-state index >= 15 is 0 Å². The molecule has 0 amide bonds. The van der Waals surface area contributed by atoms with Gasteiger partial charge in [-0.15, -0.1) is 24.8 Å². The van der Waals surface area contributed by atoms with Gasteiger partial charge >= 0.3 is 12.4 Å². The number of hydrogen-bond donors (Lipinski definition) is 1. The Balaban J connectivity index is 0.00000338. The lowest BCUT2D eigenvalue weighted by Crippen LogP contribution is -2.47. The fourth-order valence-electron chi connectivity index (χ4n) is 2.74. The molecule has 158 valence electrons. The topological polar surface area (TPSA) is 15.3 Å². The molecule has 1 fully saturated rings. The normalized spacial score (nSPS) is 17.3. The number of piperazine rings is 1. The number of benzene rings is 1. The zero-order valence-electron chi connectivity index (χ0n) is 13.3. The molecule has 1 aliphatic heterocycles. The van der Waals surface area contributed by atoms with Crippen LogP contribution in [0.1, 0.15) is 22.7 Å². The average molecular weight is 453 g/mol. The van der Waals surface area contributed by atoms with Crippen molar-refractivity contribution < 1.29 is 39.5 Å². The van der Waals surface area contributed by atoms with Gasteiger partial charge in [-0.05, 0) is 12.1 Å². The number of nitrogens with one attached hydrogen (secondary N) is 1. The van der Waals surface area contributed by atoms with E-state index in [1.807, 2.05) is 0 Å². The largest absolute Gasteiger partial charge is 0.416 e. The van der Waals surface area contributed by atoms with Gasteiger partial charge in [-0.3, -0.25) is 4.90 Å². The third-order valence-electron chi connectivity index (χ3n) is 3.84. The lowest BCUT2D eigenvalue weighted by molar-refractivity contribution is -0.144. The fourth-order valence-corrected chi connectivity index (χ4v) is 2.74. The van der Waals surface area contributed by atoms with E-state index in [1.54, 1.807) is 0 Å². The molecule has 0 bridgehead atoms. The first-order chi connectivity index (χ1) is 11.4. The van der Waals surface area contributed by atoms with Gasteiger partial charge in [-0.1, -0.05) is 0 Å². The molecule has 0 spiro atoms. The van der Waals surface area contributed by atoms with E-state index in [1.165, 1.54) is 0 Å². The molecule has 27 heavy (non-hydrogen) atoms. The Morgan fingerprint density at radius 2 is 1.41 bits per heavy atom. The minimum absolute atomic E-state index is 0. The van der Waals surface area contributed by atoms with Crippen LogP contribution in [0.4, 0.5) is 39.5 Å². The third-order valence-corrected chi connectivity index (χ3v) is 3.84. The van der Waals surface area contributed by atoms with Crippen molar-refractivity contribution >= 4 is 24.8 Å². The minimum Gasteiger partial charge on any atom is -0.314 e. The molecule has 0 aliphatic carbocycles. The zero-order valence-corrected chi connectivity index (χ0v) is 14.9. The lowest BCUT2D eigenvalue weighted by atomic mass is 9.95. The SMILES string of the molecule is Cl.Cl.Fc1cc(C(F)(F)F)cc(C(F)(F)F)c1[C@H](C(F)F)N1CCNCC1. The van der Waals surface area contributed by atoms with Gasteiger partial charge in [0.25, 0.3) is 6.43 Å². The van der Waals surface area contributed by atoms with Crippen LogP contribution in [0.3, 0.4) is 0 Å². The summed E-state index contributed by atoms with van der Waals surface area (Å²) in [5.41, 5.74) is -5.38. The molecule has 1 saturated heterocycles. The predicted molar refractivity (Wildman–Crippen MR) is 84.1 cm³/mol. The van der Waals surface area contributed by atoms with Crippen LogP contribution in [0.15, 0.2) is 12.1 Å². The Morgan fingerprint density at radius 1 is 0.889 bits per heavy atom. The van der Waals surface area contributed by atoms with E-state index < -0.39 is 47.3 Å². The van der Waals surface area contributed by atoms with Gasteiger partial charge in [-0.2, -0.15) is 26.3 Å². The van der Waals surface area contributed by atoms with Crippen molar-refractivity contribution in [2.75, 3.05) is 26.2 Å². The molecular weight excluding hydrogens is 438 g/mol. The van der Waals surface area contributed by atoms with Gasteiger partial charge in [0.1, 0.15) is 5.82 Å². The second-order valence-electron chi connectivity index (χ2n) is 5.48. The highest BCUT2D eigenvalue weighted by atomic mass is 35.5. The van der Waals surface area contributed by atoms with E-state index in [9.17, 15) is 39.5 Å². The summed E-state index contributed by atoms with van der Waals surface area (Å²) in [5, 5.41) is 2.80. The molecule has 1 N–H and O–H groups in total. The summed E-state index contributed by atoms with van der Waals surface area (Å²) in [6.07, 6.45) is -14.1. The van der Waals surface area contributed by atoms with Crippen molar-refractivity contribution in [3.05, 3.63) is 34.6 Å². The minimum atomic E-state index is -5.42. The number of halogens is 11. The Labute approximate surface area is 160 Å². The van der Waals surface area contributed by atoms with Crippen LogP contribution >= 0.6 is 24.8 Å². The van der Waals surface area contributed by atoms with Crippen molar-refractivity contribution in [3.63, 3.8) is 0 Å². The van der Waals surface area contributed by atoms with E-state index in [-0.39, 0.29) is 63.1 Å². The van der Waals surface area contributed by atoms with Crippen LogP contribution in [0.2, 0.25) is 0 Å². The first kappa shape index (κ1) is 26.1. The monoisotopic (exact) mass is 452 g/mol. The van der Waals surface area contributed by atoms with Crippen molar-refractivity contribution in [3.8, 4) is 0 Å². The first-order valence-electron chi connectivity index (χ1n) is 7.13. The van der Waals surface area contributed by atoms with E-state index in [2.05, 4.69) is 5.32 Å². The highest BCUT2D eigenvalue weighted by Gasteiger charge is 2.44. The smallest absolute Gasteiger partial charge is 0.314 e. The molecular formula is C14H15Cl2F9N2. The van der Waals surface area contributed by atoms with Crippen LogP contribution in [-0.4, -0.2) is 37.5 Å². The highest BCUT2D eigenvalue weighted by Crippen LogP contribution is 2.43. The molecule has 2 rings (SSSR count). The summed E-state index contributed by atoms with van der Waals surface area (Å²) < 4.78 is 119. The first-order valence-corrected chi connectivity index (χ1v) is 7.13. The van der Waals surface area contributed by atoms with Crippen molar-refractivity contribution in [2.24, 2.45) is 0 Å². The van der Waals surface area contributed by atoms with Crippen molar-refractivity contribution in [1.29, 1.82) is 0 Å². The maximum atomic E-state index is 14.2. The van der Waals surface area contributed by atoms with Gasteiger partial charge in [0, 0.05) is 31.7 Å². The summed E-state index contributed by atoms with van der Waals surface area (Å²) in [6.45, 7) is 0.194. The van der Waals surface area contributed by atoms with Gasteiger partial charge in [0.05, 0.1) is 17.2 Å². The number of alkyl halides is 8. The number of nitrogens with zero attached hydrogens (tertiary/aromatic N) is 1. The molecule has 13 heteroatoms. The summed E-state index contributed by atoms with van der Waals surface area (Å²) in [4.78, 5) is 0.933. The lowest BCUT2D eigenvalue weighted by Gasteiger charge is -2.36. The maximum Gasteiger partial charge on any atom is 0.416 e. The predicted octanol–water partition coefficient (Wildman–Crippen LogP) is 4.92. The van der Waals surface area contributed by atoms with E-state index in [4.69, 9.17) is 0 Å². The molecule has 1 aliphatic rings. The highest BCUT2D eigenvalue weighted by molar-refractivity contribution is 5.85. The molecule has 0 aromatic heterocycles. The Hall–Kier alpha value is -0.910. The Morgan fingerprint density at radius 3 is 1.81 bits per heavy atom. The van der Waals surface area contributed by atoms with Gasteiger partial charge in [-0.25, -0.2) is 13.2 Å². The standard InChI is InChI=1S/C14H13F9N2.2ClH/c15-9-6-7(13(18,19)20)5-8(14(21,22)23)10(9)11(12(16)17)25-3-1-24-2-4-25;;/h5-6,11-12,24H,1-4H2;2*1H/t11-;;/m1../s1. The van der Waals surface area contributed by atoms with Crippen molar-refractivity contribution in [1.82, 2.24) is 10.2 Å². The number of rotatable bonds is 3. The molecule has 0 saturated carbocycles. The molecule has 0 radical (unpaired) electrons. The summed E-state index contributed by atoms with van der Waals surface area (Å²) in [7, 11) is 0. The fraction of sp³-hybridized carbons (Fsp3) is 0.571. The Bertz CT molecular complexity index is 614. The van der Waals surface area contributed by atoms with Gasteiger partial charge in [0.2, 0.25) is 0 Å². The van der Waals surface area contributed by atoms with Gasteiger partial charge in [0.15, 0.2) is 0 Å². The molecule has 1 aromatic rings. The maximum absolute atomic E-state index is 14.2. The van der Waals surface area contributed by atoms with E-state index in [0.29, 0.717) is 0 Å². The Kier molecular flexibility index (Phi) is 9.21. The second kappa shape index (κ2) is 9.53. The average Bonchev–Trinajstić information content (AvgIpc) is 2.47. The van der Waals surface area contributed by atoms with E-state index in [0.717, 1.165) is 4.90 Å². The number of hydrogen-bond acceptors (Lipinski definition) is 2. The van der Waals surface area contributed by atoms with Crippen LogP contribution < -0.4 is 5.32 Å². The molecule has 1 heterocycles. The van der Waals surface area contributed by atoms with Crippen LogP contribution in [-0.2, 0) is 12.4 Å². The quantitative estimate of drug-likeness (QED) is 0.655. The molecule has 2 nitrogen and oxygen atoms in total. The molecule has 1 atom stereocenters. The zero-order chi connectivity index (χ0) is 19.0. The van der Waals surface area contributed by atoms with Crippen LogP contribution in [0.5, 0.6) is 0 Å². The summed E-state index contributed by atoms with van der Waals surface area (Å²) >= 11 is 0. The second-order valence-corrected chi connectivity index (χ2v) is 5.48. The third kappa shape index (κ3) is 6.03. The van der Waals surface area contributed by atoms with Gasteiger partial charge < -0.3 is 5.32 Å². The molecule has 1 aromatic carbocycles. The summed E-state index contributed by atoms with van der Waals surface area (Å²) in [5.74, 6) is -1.95. The molecule has 0 unspecified atom stereocenters. The van der Waals surface area contributed by atoms with Crippen LogP contribution in [0, 0.1) is 5.82 Å². The van der Waals surface area contributed by atoms with Crippen molar-refractivity contribution in [2.45, 2.75) is 24.8 Å². The van der Waals surface area contributed by atoms with Crippen LogP contribution in [0.25, 0.3) is 0 Å².